The van der Waals surface area contributed by atoms with Crippen LogP contribution in [0.5, 0.6) is 0 Å². The summed E-state index contributed by atoms with van der Waals surface area (Å²) in [6.07, 6.45) is 61.1. The molecule has 0 aromatic rings. The molecule has 0 N–H and O–H groups in total. The molecule has 0 heterocycles. The van der Waals surface area contributed by atoms with Crippen molar-refractivity contribution in [2.75, 3.05) is 13.2 Å². The van der Waals surface area contributed by atoms with Gasteiger partial charge in [-0.15, -0.1) is 0 Å². The van der Waals surface area contributed by atoms with Crippen molar-refractivity contribution in [3.8, 4) is 0 Å². The van der Waals surface area contributed by atoms with Gasteiger partial charge in [0.25, 0.3) is 0 Å². The van der Waals surface area contributed by atoms with Crippen LogP contribution >= 0.6 is 0 Å². The summed E-state index contributed by atoms with van der Waals surface area (Å²) in [5.41, 5.74) is 0. The molecule has 59 heavy (non-hydrogen) atoms. The van der Waals surface area contributed by atoms with Gasteiger partial charge >= 0.3 is 17.9 Å². The van der Waals surface area contributed by atoms with Crippen LogP contribution in [-0.2, 0) is 28.6 Å². The fourth-order valence-corrected chi connectivity index (χ4v) is 6.12. The zero-order chi connectivity index (χ0) is 43.0. The molecular formula is C53H86O6. The summed E-state index contributed by atoms with van der Waals surface area (Å²) in [5.74, 6) is -0.980. The van der Waals surface area contributed by atoms with Gasteiger partial charge in [-0.05, 0) is 96.3 Å². The highest BCUT2D eigenvalue weighted by Gasteiger charge is 2.19. The van der Waals surface area contributed by atoms with Gasteiger partial charge in [0.15, 0.2) is 6.10 Å². The van der Waals surface area contributed by atoms with E-state index in [-0.39, 0.29) is 31.1 Å². The molecule has 6 nitrogen and oxygen atoms in total. The first kappa shape index (κ1) is 55.3. The molecule has 1 unspecified atom stereocenters. The van der Waals surface area contributed by atoms with Crippen LogP contribution in [0.25, 0.3) is 0 Å². The lowest BCUT2D eigenvalue weighted by Crippen LogP contribution is -2.30. The topological polar surface area (TPSA) is 78.9 Å². The zero-order valence-electron chi connectivity index (χ0n) is 38.0. The molecule has 0 aliphatic rings. The molecule has 0 bridgehead atoms. The van der Waals surface area contributed by atoms with Gasteiger partial charge in [-0.3, -0.25) is 14.4 Å². The van der Waals surface area contributed by atoms with E-state index in [1.165, 1.54) is 44.9 Å². The number of hydrogen-bond donors (Lipinski definition) is 0. The summed E-state index contributed by atoms with van der Waals surface area (Å²) < 4.78 is 16.7. The van der Waals surface area contributed by atoms with Crippen LogP contribution in [0, 0.1) is 0 Å². The maximum Gasteiger partial charge on any atom is 0.306 e. The van der Waals surface area contributed by atoms with Gasteiger partial charge in [0.05, 0.1) is 0 Å². The summed E-state index contributed by atoms with van der Waals surface area (Å²) in [7, 11) is 0. The number of rotatable bonds is 41. The Morgan fingerprint density at radius 3 is 1.20 bits per heavy atom. The average molecular weight is 819 g/mol. The van der Waals surface area contributed by atoms with Crippen molar-refractivity contribution in [2.24, 2.45) is 0 Å². The molecular weight excluding hydrogens is 733 g/mol. The number of carbonyl (C=O) groups excluding carboxylic acids is 3. The van der Waals surface area contributed by atoms with Crippen LogP contribution in [0.15, 0.2) is 97.2 Å². The monoisotopic (exact) mass is 819 g/mol. The largest absolute Gasteiger partial charge is 0.462 e. The molecule has 0 aromatic heterocycles. The molecule has 0 aliphatic heterocycles. The van der Waals surface area contributed by atoms with Crippen molar-refractivity contribution >= 4 is 17.9 Å². The number of unbranched alkanes of at least 4 members (excludes halogenated alkanes) is 17. The third kappa shape index (κ3) is 45.3. The third-order valence-electron chi connectivity index (χ3n) is 9.65. The predicted molar refractivity (Wildman–Crippen MR) is 251 cm³/mol. The molecule has 0 rings (SSSR count). The zero-order valence-corrected chi connectivity index (χ0v) is 38.0. The van der Waals surface area contributed by atoms with E-state index in [4.69, 9.17) is 14.2 Å². The fraction of sp³-hybridized carbons (Fsp3) is 0.642. The van der Waals surface area contributed by atoms with Crippen LogP contribution in [0.1, 0.15) is 201 Å². The lowest BCUT2D eigenvalue weighted by atomic mass is 10.1. The first-order valence-electron chi connectivity index (χ1n) is 23.8. The molecule has 0 radical (unpaired) electrons. The molecule has 334 valence electrons. The first-order valence-corrected chi connectivity index (χ1v) is 23.8. The number of allylic oxidation sites excluding steroid dienone is 16. The van der Waals surface area contributed by atoms with E-state index in [2.05, 4.69) is 118 Å². The SMILES string of the molecule is CC/C=C\C/C=C\CCCCCCCCCC(=O)OC(COC(=O)CCCC/C=C\C/C=C\CC)COC(=O)CCCCCCC\C=C/C=C\C=C/C=C\CCCCC. The molecule has 0 fully saturated rings. The lowest BCUT2D eigenvalue weighted by molar-refractivity contribution is -0.167. The van der Waals surface area contributed by atoms with Gasteiger partial charge in [-0.25, -0.2) is 0 Å². The Morgan fingerprint density at radius 2 is 0.729 bits per heavy atom. The number of hydrogen-bond acceptors (Lipinski definition) is 6. The second-order valence-electron chi connectivity index (χ2n) is 15.3. The Hall–Kier alpha value is -3.67. The molecule has 1 atom stereocenters. The smallest absolute Gasteiger partial charge is 0.306 e. The van der Waals surface area contributed by atoms with Gasteiger partial charge in [-0.1, -0.05) is 182 Å². The minimum atomic E-state index is -0.803. The van der Waals surface area contributed by atoms with E-state index in [9.17, 15) is 14.4 Å². The van der Waals surface area contributed by atoms with Crippen molar-refractivity contribution in [3.05, 3.63) is 97.2 Å². The highest BCUT2D eigenvalue weighted by atomic mass is 16.6. The number of ether oxygens (including phenoxy) is 3. The Kier molecular flexibility index (Phi) is 44.1. The Morgan fingerprint density at radius 1 is 0.373 bits per heavy atom. The van der Waals surface area contributed by atoms with Crippen LogP contribution < -0.4 is 0 Å². The number of esters is 3. The highest BCUT2D eigenvalue weighted by molar-refractivity contribution is 5.71. The van der Waals surface area contributed by atoms with Gasteiger partial charge < -0.3 is 14.2 Å². The van der Waals surface area contributed by atoms with Crippen LogP contribution in [0.3, 0.4) is 0 Å². The lowest BCUT2D eigenvalue weighted by Gasteiger charge is -2.18. The Labute approximate surface area is 362 Å². The summed E-state index contributed by atoms with van der Waals surface area (Å²) in [5, 5.41) is 0. The predicted octanol–water partition coefficient (Wildman–Crippen LogP) is 15.4. The standard InChI is InChI=1S/C53H86O6/c1-4-7-10-13-16-19-21-23-25-26-27-28-30-31-34-37-40-43-46-52(55)58-49-50(48-57-51(54)45-42-39-36-33-18-15-12-9-6-3)59-53(56)47-44-41-38-35-32-29-24-22-20-17-14-11-8-5-2/h8-9,11-12,16-21,23,25-28,33,50H,4-7,10,13-15,22,24,29-32,34-49H2,1-3H3/b11-8-,12-9-,19-16-,20-17-,23-21-,26-25-,28-27-,33-18-. The van der Waals surface area contributed by atoms with E-state index >= 15 is 0 Å². The normalized spacial score (nSPS) is 12.9. The van der Waals surface area contributed by atoms with Crippen LogP contribution in [0.2, 0.25) is 0 Å². The molecule has 0 saturated carbocycles. The molecule has 0 amide bonds. The van der Waals surface area contributed by atoms with Crippen molar-refractivity contribution in [1.29, 1.82) is 0 Å². The Balaban J connectivity index is 4.44. The second kappa shape index (κ2) is 47.0. The summed E-state index contributed by atoms with van der Waals surface area (Å²) in [4.78, 5) is 37.8. The summed E-state index contributed by atoms with van der Waals surface area (Å²) >= 11 is 0. The van der Waals surface area contributed by atoms with Gasteiger partial charge in [0, 0.05) is 19.3 Å². The van der Waals surface area contributed by atoms with Crippen LogP contribution in [0.4, 0.5) is 0 Å². The van der Waals surface area contributed by atoms with E-state index in [0.29, 0.717) is 19.3 Å². The summed E-state index contributed by atoms with van der Waals surface area (Å²) in [6.45, 7) is 6.29. The van der Waals surface area contributed by atoms with E-state index < -0.39 is 6.10 Å². The molecule has 0 aliphatic carbocycles. The average Bonchev–Trinajstić information content (AvgIpc) is 3.23. The number of carbonyl (C=O) groups is 3. The van der Waals surface area contributed by atoms with Gasteiger partial charge in [-0.2, -0.15) is 0 Å². The highest BCUT2D eigenvalue weighted by Crippen LogP contribution is 2.13. The van der Waals surface area contributed by atoms with Gasteiger partial charge in [0.2, 0.25) is 0 Å². The van der Waals surface area contributed by atoms with E-state index in [0.717, 1.165) is 116 Å². The van der Waals surface area contributed by atoms with Crippen LogP contribution in [-0.4, -0.2) is 37.2 Å². The van der Waals surface area contributed by atoms with Gasteiger partial charge in [0.1, 0.15) is 13.2 Å². The minimum absolute atomic E-state index is 0.105. The molecule has 6 heteroatoms. The van der Waals surface area contributed by atoms with Crippen molar-refractivity contribution < 1.29 is 28.6 Å². The molecule has 0 aromatic carbocycles. The molecule has 0 saturated heterocycles. The minimum Gasteiger partial charge on any atom is -0.462 e. The van der Waals surface area contributed by atoms with Crippen molar-refractivity contribution in [3.63, 3.8) is 0 Å². The first-order chi connectivity index (χ1) is 29.0. The molecule has 0 spiro atoms. The fourth-order valence-electron chi connectivity index (χ4n) is 6.12. The van der Waals surface area contributed by atoms with E-state index in [1.54, 1.807) is 0 Å². The maximum atomic E-state index is 12.7. The third-order valence-corrected chi connectivity index (χ3v) is 9.65. The second-order valence-corrected chi connectivity index (χ2v) is 15.3. The van der Waals surface area contributed by atoms with Crippen molar-refractivity contribution in [2.45, 2.75) is 207 Å². The van der Waals surface area contributed by atoms with E-state index in [1.807, 2.05) is 0 Å². The quantitative estimate of drug-likeness (QED) is 0.0201. The van der Waals surface area contributed by atoms with Crippen molar-refractivity contribution in [1.82, 2.24) is 0 Å². The maximum absolute atomic E-state index is 12.7. The Bertz CT molecular complexity index is 1220. The summed E-state index contributed by atoms with van der Waals surface area (Å²) in [6, 6.07) is 0.